The summed E-state index contributed by atoms with van der Waals surface area (Å²) >= 11 is 0. The molecule has 0 aliphatic heterocycles. The highest BCUT2D eigenvalue weighted by Gasteiger charge is 2.06. The third-order valence-electron chi connectivity index (χ3n) is 2.45. The van der Waals surface area contributed by atoms with E-state index in [1.54, 1.807) is 6.20 Å². The molecule has 2 N–H and O–H groups in total. The van der Waals surface area contributed by atoms with Crippen molar-refractivity contribution in [2.45, 2.75) is 33.4 Å². The van der Waals surface area contributed by atoms with E-state index in [0.717, 1.165) is 24.3 Å². The van der Waals surface area contributed by atoms with E-state index in [9.17, 15) is 0 Å². The van der Waals surface area contributed by atoms with Gasteiger partial charge in [0.05, 0.1) is 18.5 Å². The lowest BCUT2D eigenvalue weighted by molar-refractivity contribution is 0.105. The summed E-state index contributed by atoms with van der Waals surface area (Å²) in [5.41, 5.74) is 7.76. The predicted octanol–water partition coefficient (Wildman–Crippen LogP) is 1.44. The highest BCUT2D eigenvalue weighted by atomic mass is 16.5. The first kappa shape index (κ1) is 12.2. The van der Waals surface area contributed by atoms with Gasteiger partial charge in [0.2, 0.25) is 0 Å². The van der Waals surface area contributed by atoms with Crippen molar-refractivity contribution < 1.29 is 4.74 Å². The second-order valence-electron chi connectivity index (χ2n) is 4.18. The van der Waals surface area contributed by atoms with Crippen molar-refractivity contribution in [3.05, 3.63) is 17.5 Å². The Balaban J connectivity index is 2.39. The quantitative estimate of drug-likeness (QED) is 0.724. The lowest BCUT2D eigenvalue weighted by Crippen LogP contribution is -2.07. The standard InChI is InChI=1S/C11H21N3O/c1-9(2)4-5-15-8-11-10(6-12)7-13-14(11)3/h7,9H,4-6,8,12H2,1-3H3. The molecule has 0 spiro atoms. The van der Waals surface area contributed by atoms with E-state index in [-0.39, 0.29) is 0 Å². The van der Waals surface area contributed by atoms with Gasteiger partial charge in [0, 0.05) is 25.8 Å². The molecule has 0 aliphatic rings. The summed E-state index contributed by atoms with van der Waals surface area (Å²) in [6, 6.07) is 0. The Morgan fingerprint density at radius 3 is 2.87 bits per heavy atom. The first-order valence-electron chi connectivity index (χ1n) is 5.42. The fraction of sp³-hybridized carbons (Fsp3) is 0.727. The first-order valence-corrected chi connectivity index (χ1v) is 5.42. The van der Waals surface area contributed by atoms with Crippen LogP contribution in [0.1, 0.15) is 31.5 Å². The van der Waals surface area contributed by atoms with Gasteiger partial charge in [-0.2, -0.15) is 5.10 Å². The van der Waals surface area contributed by atoms with Crippen LogP contribution in [0.2, 0.25) is 0 Å². The van der Waals surface area contributed by atoms with Crippen molar-refractivity contribution >= 4 is 0 Å². The van der Waals surface area contributed by atoms with Crippen molar-refractivity contribution in [3.8, 4) is 0 Å². The molecule has 0 unspecified atom stereocenters. The molecule has 0 saturated carbocycles. The van der Waals surface area contributed by atoms with Crippen LogP contribution in [0.25, 0.3) is 0 Å². The van der Waals surface area contributed by atoms with Gasteiger partial charge in [0.15, 0.2) is 0 Å². The van der Waals surface area contributed by atoms with Gasteiger partial charge in [-0.1, -0.05) is 13.8 Å². The second-order valence-corrected chi connectivity index (χ2v) is 4.18. The molecule has 0 bridgehead atoms. The van der Waals surface area contributed by atoms with E-state index >= 15 is 0 Å². The van der Waals surface area contributed by atoms with E-state index in [2.05, 4.69) is 18.9 Å². The van der Waals surface area contributed by atoms with Crippen molar-refractivity contribution in [2.24, 2.45) is 18.7 Å². The molecule has 1 aromatic heterocycles. The number of aryl methyl sites for hydroxylation is 1. The molecule has 0 saturated heterocycles. The van der Waals surface area contributed by atoms with Crippen molar-refractivity contribution in [3.63, 3.8) is 0 Å². The third kappa shape index (κ3) is 3.64. The van der Waals surface area contributed by atoms with Gasteiger partial charge in [0.1, 0.15) is 0 Å². The number of hydrogen-bond donors (Lipinski definition) is 1. The lowest BCUT2D eigenvalue weighted by Gasteiger charge is -2.08. The summed E-state index contributed by atoms with van der Waals surface area (Å²) in [5, 5.41) is 4.16. The Morgan fingerprint density at radius 2 is 2.27 bits per heavy atom. The average molecular weight is 211 g/mol. The van der Waals surface area contributed by atoms with Gasteiger partial charge < -0.3 is 10.5 Å². The molecular formula is C11H21N3O. The van der Waals surface area contributed by atoms with Crippen LogP contribution in [0, 0.1) is 5.92 Å². The van der Waals surface area contributed by atoms with E-state index in [0.29, 0.717) is 19.1 Å². The van der Waals surface area contributed by atoms with Crippen LogP contribution in [-0.2, 0) is 24.9 Å². The van der Waals surface area contributed by atoms with E-state index in [1.807, 2.05) is 11.7 Å². The highest BCUT2D eigenvalue weighted by Crippen LogP contribution is 2.09. The minimum absolute atomic E-state index is 0.525. The molecule has 0 amide bonds. The van der Waals surface area contributed by atoms with Gasteiger partial charge in [-0.25, -0.2) is 0 Å². The molecule has 0 aliphatic carbocycles. The van der Waals surface area contributed by atoms with E-state index < -0.39 is 0 Å². The normalized spacial score (nSPS) is 11.3. The second kappa shape index (κ2) is 5.88. The van der Waals surface area contributed by atoms with Gasteiger partial charge >= 0.3 is 0 Å². The summed E-state index contributed by atoms with van der Waals surface area (Å²) in [7, 11) is 1.92. The number of rotatable bonds is 6. The first-order chi connectivity index (χ1) is 7.15. The average Bonchev–Trinajstić information content (AvgIpc) is 2.54. The Labute approximate surface area is 91.4 Å². The van der Waals surface area contributed by atoms with Crippen LogP contribution in [-0.4, -0.2) is 16.4 Å². The summed E-state index contributed by atoms with van der Waals surface area (Å²) in [6.07, 6.45) is 2.90. The monoisotopic (exact) mass is 211 g/mol. The van der Waals surface area contributed by atoms with Crippen LogP contribution < -0.4 is 5.73 Å². The summed E-state index contributed by atoms with van der Waals surface area (Å²) in [6.45, 7) is 6.32. The Bertz CT molecular complexity index is 294. The Hall–Kier alpha value is -0.870. The molecule has 0 atom stereocenters. The lowest BCUT2D eigenvalue weighted by atomic mass is 10.1. The third-order valence-corrected chi connectivity index (χ3v) is 2.45. The summed E-state index contributed by atoms with van der Waals surface area (Å²) in [4.78, 5) is 0. The Morgan fingerprint density at radius 1 is 1.53 bits per heavy atom. The van der Waals surface area contributed by atoms with Gasteiger partial charge in [0.25, 0.3) is 0 Å². The number of hydrogen-bond acceptors (Lipinski definition) is 3. The smallest absolute Gasteiger partial charge is 0.0887 e. The molecule has 1 aromatic rings. The summed E-state index contributed by atoms with van der Waals surface area (Å²) < 4.78 is 7.43. The largest absolute Gasteiger partial charge is 0.375 e. The molecule has 86 valence electrons. The minimum Gasteiger partial charge on any atom is -0.375 e. The van der Waals surface area contributed by atoms with E-state index in [1.165, 1.54) is 0 Å². The van der Waals surface area contributed by atoms with Crippen molar-refractivity contribution in [1.29, 1.82) is 0 Å². The predicted molar refractivity (Wildman–Crippen MR) is 60.2 cm³/mol. The molecule has 1 heterocycles. The molecule has 4 heteroatoms. The van der Waals surface area contributed by atoms with Crippen LogP contribution in [0.4, 0.5) is 0 Å². The fourth-order valence-electron chi connectivity index (χ4n) is 1.35. The maximum absolute atomic E-state index is 5.61. The van der Waals surface area contributed by atoms with Crippen LogP contribution in [0.5, 0.6) is 0 Å². The fourth-order valence-corrected chi connectivity index (χ4v) is 1.35. The molecular weight excluding hydrogens is 190 g/mol. The van der Waals surface area contributed by atoms with Crippen molar-refractivity contribution in [2.75, 3.05) is 6.61 Å². The zero-order valence-electron chi connectivity index (χ0n) is 9.86. The van der Waals surface area contributed by atoms with Crippen LogP contribution in [0.3, 0.4) is 0 Å². The number of aromatic nitrogens is 2. The molecule has 4 nitrogen and oxygen atoms in total. The van der Waals surface area contributed by atoms with E-state index in [4.69, 9.17) is 10.5 Å². The highest BCUT2D eigenvalue weighted by molar-refractivity contribution is 5.16. The molecule has 1 rings (SSSR count). The maximum atomic E-state index is 5.61. The van der Waals surface area contributed by atoms with Crippen LogP contribution in [0.15, 0.2) is 6.20 Å². The Kier molecular flexibility index (Phi) is 4.78. The number of nitrogens with zero attached hydrogens (tertiary/aromatic N) is 2. The molecule has 0 aromatic carbocycles. The molecule has 15 heavy (non-hydrogen) atoms. The minimum atomic E-state index is 0.525. The number of nitrogens with two attached hydrogens (primary N) is 1. The zero-order chi connectivity index (χ0) is 11.3. The number of ether oxygens (including phenoxy) is 1. The van der Waals surface area contributed by atoms with Crippen LogP contribution >= 0.6 is 0 Å². The van der Waals surface area contributed by atoms with Crippen molar-refractivity contribution in [1.82, 2.24) is 9.78 Å². The van der Waals surface area contributed by atoms with Gasteiger partial charge in [-0.15, -0.1) is 0 Å². The molecule has 0 fully saturated rings. The van der Waals surface area contributed by atoms with Gasteiger partial charge in [-0.3, -0.25) is 4.68 Å². The molecule has 0 radical (unpaired) electrons. The summed E-state index contributed by atoms with van der Waals surface area (Å²) in [5.74, 6) is 0.686. The van der Waals surface area contributed by atoms with Gasteiger partial charge in [-0.05, 0) is 12.3 Å². The maximum Gasteiger partial charge on any atom is 0.0887 e. The zero-order valence-corrected chi connectivity index (χ0v) is 9.86. The SMILES string of the molecule is CC(C)CCOCc1c(CN)cnn1C. The topological polar surface area (TPSA) is 53.1 Å².